The average molecular weight is 191 g/mol. The summed E-state index contributed by atoms with van der Waals surface area (Å²) < 4.78 is 0. The minimum atomic E-state index is 0.929. The van der Waals surface area contributed by atoms with E-state index in [-0.39, 0.29) is 0 Å². The summed E-state index contributed by atoms with van der Waals surface area (Å²) in [5.41, 5.74) is 0. The summed E-state index contributed by atoms with van der Waals surface area (Å²) in [6, 6.07) is 0. The molecule has 1 heteroatoms. The van der Waals surface area contributed by atoms with E-state index >= 15 is 0 Å². The number of hydrogen-bond donors (Lipinski definition) is 0. The van der Waals surface area contributed by atoms with Crippen molar-refractivity contribution in [2.24, 2.45) is 11.8 Å². The van der Waals surface area contributed by atoms with Crippen LogP contribution in [0.2, 0.25) is 9.63 Å². The molecule has 0 unspecified atom stereocenters. The molecule has 1 heterocycles. The zero-order valence-corrected chi connectivity index (χ0v) is 8.43. The molecule has 54 valence electrons. The van der Waals surface area contributed by atoms with Crippen LogP contribution in [0.1, 0.15) is 27.7 Å². The Morgan fingerprint density at radius 3 is 1.22 bits per heavy atom. The fraction of sp³-hybridized carbons (Fsp3) is 1.00. The Labute approximate surface area is 64.6 Å². The van der Waals surface area contributed by atoms with Gasteiger partial charge >= 0.3 is 64.1 Å². The van der Waals surface area contributed by atoms with Crippen LogP contribution in [0.3, 0.4) is 0 Å². The Morgan fingerprint density at radius 1 is 0.778 bits per heavy atom. The van der Waals surface area contributed by atoms with Crippen molar-refractivity contribution in [2.45, 2.75) is 37.3 Å². The summed E-state index contributed by atoms with van der Waals surface area (Å²) in [4.78, 5) is 2.06. The van der Waals surface area contributed by atoms with Crippen LogP contribution in [0.4, 0.5) is 0 Å². The van der Waals surface area contributed by atoms with E-state index in [4.69, 9.17) is 0 Å². The molecule has 0 saturated carbocycles. The number of rotatable bonds is 0. The van der Waals surface area contributed by atoms with Crippen molar-refractivity contribution in [3.05, 3.63) is 0 Å². The second-order valence-corrected chi connectivity index (χ2v) is 6.96. The van der Waals surface area contributed by atoms with Gasteiger partial charge in [-0.2, -0.15) is 0 Å². The van der Waals surface area contributed by atoms with E-state index < -0.39 is 0 Å². The third-order valence-electron chi connectivity index (χ3n) is 2.74. The molecule has 4 atom stereocenters. The van der Waals surface area contributed by atoms with Crippen molar-refractivity contribution in [3.8, 4) is 0 Å². The van der Waals surface area contributed by atoms with Gasteiger partial charge in [0, 0.05) is 0 Å². The molecule has 0 N–H and O–H groups in total. The topological polar surface area (TPSA) is 0 Å². The SMILES string of the molecule is C[C@@H]1[C@H](C)[C@H](C)[Se][C@@H]1C. The van der Waals surface area contributed by atoms with Crippen molar-refractivity contribution in [1.82, 2.24) is 0 Å². The Hall–Kier alpha value is 0.519. The first kappa shape index (κ1) is 7.62. The van der Waals surface area contributed by atoms with E-state index in [1.165, 1.54) is 0 Å². The molecule has 1 aliphatic rings. The van der Waals surface area contributed by atoms with Crippen LogP contribution in [-0.2, 0) is 0 Å². The molecular formula is C8H16Se. The Morgan fingerprint density at radius 2 is 1.11 bits per heavy atom. The molecule has 0 radical (unpaired) electrons. The molecule has 0 nitrogen and oxygen atoms in total. The molecular weight excluding hydrogens is 175 g/mol. The maximum absolute atomic E-state index is 2.41. The van der Waals surface area contributed by atoms with Crippen molar-refractivity contribution in [1.29, 1.82) is 0 Å². The maximum atomic E-state index is 2.41. The van der Waals surface area contributed by atoms with E-state index in [1.54, 1.807) is 0 Å². The predicted octanol–water partition coefficient (Wildman–Crippen LogP) is 2.59. The van der Waals surface area contributed by atoms with E-state index in [0.29, 0.717) is 0 Å². The van der Waals surface area contributed by atoms with Gasteiger partial charge in [0.15, 0.2) is 0 Å². The van der Waals surface area contributed by atoms with E-state index in [2.05, 4.69) is 27.7 Å². The van der Waals surface area contributed by atoms with Gasteiger partial charge in [0.25, 0.3) is 0 Å². The molecule has 0 spiro atoms. The van der Waals surface area contributed by atoms with Crippen LogP contribution in [-0.4, -0.2) is 15.0 Å². The van der Waals surface area contributed by atoms with Crippen LogP contribution in [0.5, 0.6) is 0 Å². The molecule has 9 heavy (non-hydrogen) atoms. The van der Waals surface area contributed by atoms with Crippen LogP contribution in [0, 0.1) is 11.8 Å². The Bertz CT molecular complexity index is 88.7. The third-order valence-corrected chi connectivity index (χ3v) is 6.34. The van der Waals surface area contributed by atoms with Gasteiger partial charge in [0.1, 0.15) is 0 Å². The van der Waals surface area contributed by atoms with Gasteiger partial charge in [-0.25, -0.2) is 0 Å². The van der Waals surface area contributed by atoms with E-state index in [1.807, 2.05) is 0 Å². The summed E-state index contributed by atoms with van der Waals surface area (Å²) in [5, 5.41) is 0. The average Bonchev–Trinajstić information content (AvgIpc) is 1.98. The molecule has 0 amide bonds. The first-order valence-electron chi connectivity index (χ1n) is 3.78. The molecule has 1 rings (SSSR count). The molecule has 0 aromatic carbocycles. The molecule has 0 aromatic rings. The van der Waals surface area contributed by atoms with E-state index in [0.717, 1.165) is 36.4 Å². The van der Waals surface area contributed by atoms with Crippen LogP contribution >= 0.6 is 0 Å². The molecule has 1 saturated heterocycles. The summed E-state index contributed by atoms with van der Waals surface area (Å²) in [5.74, 6) is 1.97. The van der Waals surface area contributed by atoms with Gasteiger partial charge in [0.05, 0.1) is 0 Å². The molecule has 0 bridgehead atoms. The summed E-state index contributed by atoms with van der Waals surface area (Å²) in [6.07, 6.45) is 0. The fourth-order valence-electron chi connectivity index (χ4n) is 1.44. The second-order valence-electron chi connectivity index (χ2n) is 3.26. The van der Waals surface area contributed by atoms with Gasteiger partial charge in [0.2, 0.25) is 0 Å². The van der Waals surface area contributed by atoms with Gasteiger partial charge in [-0.15, -0.1) is 0 Å². The van der Waals surface area contributed by atoms with Gasteiger partial charge in [-0.3, -0.25) is 0 Å². The van der Waals surface area contributed by atoms with Crippen LogP contribution in [0.25, 0.3) is 0 Å². The van der Waals surface area contributed by atoms with Crippen LogP contribution in [0.15, 0.2) is 0 Å². The minimum absolute atomic E-state index is 0.929. The summed E-state index contributed by atoms with van der Waals surface area (Å²) in [7, 11) is 0. The summed E-state index contributed by atoms with van der Waals surface area (Å²) in [6.45, 7) is 9.62. The standard InChI is InChI=1S/C8H16Se/c1-5-6(2)8(4)9-7(5)3/h5-8H,1-4H3/t5-,6+,7-,8+. The summed E-state index contributed by atoms with van der Waals surface area (Å²) >= 11 is 0.929. The normalized spacial score (nSPS) is 52.0. The van der Waals surface area contributed by atoms with Crippen molar-refractivity contribution in [2.75, 3.05) is 0 Å². The zero-order valence-electron chi connectivity index (χ0n) is 6.72. The fourth-order valence-corrected chi connectivity index (χ4v) is 4.94. The van der Waals surface area contributed by atoms with Gasteiger partial charge < -0.3 is 0 Å². The second kappa shape index (κ2) is 2.64. The van der Waals surface area contributed by atoms with Crippen molar-refractivity contribution in [3.63, 3.8) is 0 Å². The Kier molecular flexibility index (Phi) is 2.23. The first-order chi connectivity index (χ1) is 4.13. The molecule has 0 aromatic heterocycles. The van der Waals surface area contributed by atoms with Gasteiger partial charge in [-0.1, -0.05) is 0 Å². The monoisotopic (exact) mass is 192 g/mol. The molecule has 0 aliphatic carbocycles. The van der Waals surface area contributed by atoms with Crippen LogP contribution < -0.4 is 0 Å². The Balaban J connectivity index is 2.54. The number of hydrogen-bond acceptors (Lipinski definition) is 0. The molecule has 1 aliphatic heterocycles. The van der Waals surface area contributed by atoms with Gasteiger partial charge in [-0.05, 0) is 0 Å². The van der Waals surface area contributed by atoms with Crippen molar-refractivity contribution >= 4 is 15.0 Å². The predicted molar refractivity (Wildman–Crippen MR) is 42.9 cm³/mol. The zero-order chi connectivity index (χ0) is 7.02. The molecule has 1 fully saturated rings. The van der Waals surface area contributed by atoms with E-state index in [9.17, 15) is 0 Å². The quantitative estimate of drug-likeness (QED) is 0.516. The van der Waals surface area contributed by atoms with Crippen molar-refractivity contribution < 1.29 is 0 Å². The third kappa shape index (κ3) is 1.33. The first-order valence-corrected chi connectivity index (χ1v) is 5.76.